The summed E-state index contributed by atoms with van der Waals surface area (Å²) in [7, 11) is 0. The van der Waals surface area contributed by atoms with Crippen molar-refractivity contribution < 1.29 is 9.21 Å². The van der Waals surface area contributed by atoms with Crippen molar-refractivity contribution in [1.82, 2.24) is 4.90 Å². The van der Waals surface area contributed by atoms with Crippen molar-refractivity contribution in [3.8, 4) is 0 Å². The van der Waals surface area contributed by atoms with Gasteiger partial charge < -0.3 is 9.32 Å². The third kappa shape index (κ3) is 2.65. The Balaban J connectivity index is 2.18. The molecule has 1 aliphatic heterocycles. The molecule has 1 saturated heterocycles. The fourth-order valence-corrected chi connectivity index (χ4v) is 2.69. The molecule has 1 aliphatic rings. The first kappa shape index (κ1) is 12.5. The third-order valence-corrected chi connectivity index (χ3v) is 3.76. The van der Waals surface area contributed by atoms with Crippen LogP contribution in [0.15, 0.2) is 16.7 Å². The van der Waals surface area contributed by atoms with Gasteiger partial charge in [-0.3, -0.25) is 4.79 Å². The number of amides is 1. The van der Waals surface area contributed by atoms with Crippen molar-refractivity contribution >= 4 is 17.5 Å². The zero-order chi connectivity index (χ0) is 12.3. The molecule has 0 N–H and O–H groups in total. The van der Waals surface area contributed by atoms with Gasteiger partial charge in [-0.2, -0.15) is 0 Å². The molecular formula is C13H18ClNO2. The maximum atomic E-state index is 12.4. The van der Waals surface area contributed by atoms with Crippen LogP contribution in [0.5, 0.6) is 0 Å². The minimum absolute atomic E-state index is 0.0591. The lowest BCUT2D eigenvalue weighted by Gasteiger charge is -2.28. The summed E-state index contributed by atoms with van der Waals surface area (Å²) in [4.78, 5) is 14.3. The van der Waals surface area contributed by atoms with Crippen LogP contribution in [-0.2, 0) is 0 Å². The maximum absolute atomic E-state index is 12.4. The van der Waals surface area contributed by atoms with Crippen molar-refractivity contribution in [3.05, 3.63) is 23.7 Å². The van der Waals surface area contributed by atoms with Gasteiger partial charge in [-0.25, -0.2) is 0 Å². The Labute approximate surface area is 107 Å². The second kappa shape index (κ2) is 5.58. The highest BCUT2D eigenvalue weighted by Gasteiger charge is 2.27. The van der Waals surface area contributed by atoms with Crippen LogP contribution in [0.3, 0.4) is 0 Å². The number of alkyl halides is 1. The Morgan fingerprint density at radius 2 is 2.35 bits per heavy atom. The second-order valence-corrected chi connectivity index (χ2v) is 4.86. The molecule has 4 heteroatoms. The average molecular weight is 256 g/mol. The van der Waals surface area contributed by atoms with Gasteiger partial charge in [0, 0.05) is 18.5 Å². The molecule has 1 aromatic rings. The highest BCUT2D eigenvalue weighted by Crippen LogP contribution is 2.21. The van der Waals surface area contributed by atoms with Gasteiger partial charge in [-0.15, -0.1) is 11.6 Å². The molecule has 1 atom stereocenters. The van der Waals surface area contributed by atoms with Crippen LogP contribution < -0.4 is 0 Å². The third-order valence-electron chi connectivity index (χ3n) is 3.41. The van der Waals surface area contributed by atoms with Gasteiger partial charge in [-0.05, 0) is 25.8 Å². The number of rotatable bonds is 2. The van der Waals surface area contributed by atoms with Gasteiger partial charge >= 0.3 is 0 Å². The summed E-state index contributed by atoms with van der Waals surface area (Å²) in [6, 6.07) is 1.91. The van der Waals surface area contributed by atoms with E-state index in [1.807, 2.05) is 11.8 Å². The van der Waals surface area contributed by atoms with Crippen molar-refractivity contribution in [1.29, 1.82) is 0 Å². The molecule has 1 unspecified atom stereocenters. The van der Waals surface area contributed by atoms with Crippen LogP contribution in [0.25, 0.3) is 0 Å². The lowest BCUT2D eigenvalue weighted by atomic mass is 10.1. The van der Waals surface area contributed by atoms with Crippen molar-refractivity contribution in [3.63, 3.8) is 0 Å². The molecule has 3 nitrogen and oxygen atoms in total. The summed E-state index contributed by atoms with van der Waals surface area (Å²) in [5.74, 6) is 1.26. The quantitative estimate of drug-likeness (QED) is 0.761. The minimum Gasteiger partial charge on any atom is -0.469 e. The minimum atomic E-state index is 0.0591. The Kier molecular flexibility index (Phi) is 4.11. The largest absolute Gasteiger partial charge is 0.469 e. The SMILES string of the molecule is Cc1occc1C(=O)N1CCCCCC1CCl. The van der Waals surface area contributed by atoms with Crippen molar-refractivity contribution in [2.45, 2.75) is 38.6 Å². The van der Waals surface area contributed by atoms with E-state index >= 15 is 0 Å². The van der Waals surface area contributed by atoms with E-state index < -0.39 is 0 Å². The molecule has 0 aromatic carbocycles. The maximum Gasteiger partial charge on any atom is 0.257 e. The predicted octanol–water partition coefficient (Wildman–Crippen LogP) is 3.21. The number of carbonyl (C=O) groups excluding carboxylic acids is 1. The molecule has 0 radical (unpaired) electrons. The van der Waals surface area contributed by atoms with Crippen LogP contribution in [0.4, 0.5) is 0 Å². The number of furan rings is 1. The van der Waals surface area contributed by atoms with Crippen molar-refractivity contribution in [2.75, 3.05) is 12.4 Å². The normalized spacial score (nSPS) is 21.3. The number of hydrogen-bond donors (Lipinski definition) is 0. The van der Waals surface area contributed by atoms with Gasteiger partial charge in [0.25, 0.3) is 5.91 Å². The van der Waals surface area contributed by atoms with Gasteiger partial charge in [0.05, 0.1) is 11.8 Å². The van der Waals surface area contributed by atoms with E-state index in [0.717, 1.165) is 25.8 Å². The van der Waals surface area contributed by atoms with Crippen LogP contribution in [0.1, 0.15) is 41.8 Å². The molecule has 0 saturated carbocycles. The fraction of sp³-hybridized carbons (Fsp3) is 0.615. The summed E-state index contributed by atoms with van der Waals surface area (Å²) in [6.07, 6.45) is 5.98. The molecule has 1 amide bonds. The van der Waals surface area contributed by atoms with E-state index in [9.17, 15) is 4.79 Å². The number of nitrogens with zero attached hydrogens (tertiary/aromatic N) is 1. The van der Waals surface area contributed by atoms with Gasteiger partial charge in [0.15, 0.2) is 0 Å². The highest BCUT2D eigenvalue weighted by molar-refractivity contribution is 6.18. The Morgan fingerprint density at radius 3 is 3.00 bits per heavy atom. The zero-order valence-corrected chi connectivity index (χ0v) is 10.9. The van der Waals surface area contributed by atoms with Crippen LogP contribution >= 0.6 is 11.6 Å². The zero-order valence-electron chi connectivity index (χ0n) is 10.1. The lowest BCUT2D eigenvalue weighted by molar-refractivity contribution is 0.0698. The number of aryl methyl sites for hydroxylation is 1. The molecule has 2 rings (SSSR count). The van der Waals surface area contributed by atoms with Gasteiger partial charge in [-0.1, -0.05) is 12.8 Å². The Hall–Kier alpha value is -0.960. The molecule has 94 valence electrons. The summed E-state index contributed by atoms with van der Waals surface area (Å²) in [6.45, 7) is 2.63. The monoisotopic (exact) mass is 255 g/mol. The summed E-state index contributed by atoms with van der Waals surface area (Å²) >= 11 is 5.98. The average Bonchev–Trinajstić information content (AvgIpc) is 2.64. The standard InChI is InChI=1S/C13H18ClNO2/c1-10-12(6-8-17-10)13(16)15-7-4-2-3-5-11(15)9-14/h6,8,11H,2-5,7,9H2,1H3. The first-order valence-electron chi connectivity index (χ1n) is 6.15. The summed E-state index contributed by atoms with van der Waals surface area (Å²) in [5, 5.41) is 0. The number of hydrogen-bond acceptors (Lipinski definition) is 2. The molecule has 1 aromatic heterocycles. The van der Waals surface area contributed by atoms with Crippen LogP contribution in [0.2, 0.25) is 0 Å². The molecule has 1 fully saturated rings. The smallest absolute Gasteiger partial charge is 0.257 e. The molecule has 0 aliphatic carbocycles. The van der Waals surface area contributed by atoms with E-state index in [-0.39, 0.29) is 11.9 Å². The predicted molar refractivity (Wildman–Crippen MR) is 67.5 cm³/mol. The molecule has 17 heavy (non-hydrogen) atoms. The van der Waals surface area contributed by atoms with E-state index in [1.54, 1.807) is 12.3 Å². The van der Waals surface area contributed by atoms with Gasteiger partial charge in [0.2, 0.25) is 0 Å². The molecule has 2 heterocycles. The molecule has 0 bridgehead atoms. The highest BCUT2D eigenvalue weighted by atomic mass is 35.5. The summed E-state index contributed by atoms with van der Waals surface area (Å²) < 4.78 is 5.20. The lowest BCUT2D eigenvalue weighted by Crippen LogP contribution is -2.41. The first-order chi connectivity index (χ1) is 8.24. The number of carbonyl (C=O) groups is 1. The topological polar surface area (TPSA) is 33.5 Å². The first-order valence-corrected chi connectivity index (χ1v) is 6.68. The second-order valence-electron chi connectivity index (χ2n) is 4.55. The van der Waals surface area contributed by atoms with E-state index in [2.05, 4.69) is 0 Å². The molecule has 0 spiro atoms. The Bertz CT molecular complexity index is 389. The van der Waals surface area contributed by atoms with Crippen LogP contribution in [0, 0.1) is 6.92 Å². The summed E-state index contributed by atoms with van der Waals surface area (Å²) in [5.41, 5.74) is 0.669. The Morgan fingerprint density at radius 1 is 1.53 bits per heavy atom. The van der Waals surface area contributed by atoms with Crippen LogP contribution in [-0.4, -0.2) is 29.3 Å². The fourth-order valence-electron chi connectivity index (χ4n) is 2.37. The van der Waals surface area contributed by atoms with E-state index in [0.29, 0.717) is 17.2 Å². The number of likely N-dealkylation sites (tertiary alicyclic amines) is 1. The van der Waals surface area contributed by atoms with E-state index in [1.165, 1.54) is 6.42 Å². The van der Waals surface area contributed by atoms with E-state index in [4.69, 9.17) is 16.0 Å². The van der Waals surface area contributed by atoms with Gasteiger partial charge in [0.1, 0.15) is 5.76 Å². The number of halogens is 1. The molecular weight excluding hydrogens is 238 g/mol. The van der Waals surface area contributed by atoms with Crippen molar-refractivity contribution in [2.24, 2.45) is 0 Å².